The fourth-order valence-corrected chi connectivity index (χ4v) is 6.33. The summed E-state index contributed by atoms with van der Waals surface area (Å²) in [4.78, 5) is 24.1. The number of hydrogen-bond acceptors (Lipinski definition) is 2. The molecule has 0 unspecified atom stereocenters. The van der Waals surface area contributed by atoms with E-state index in [0.29, 0.717) is 29.3 Å². The van der Waals surface area contributed by atoms with Crippen LogP contribution in [0.1, 0.15) is 65.2 Å². The van der Waals surface area contributed by atoms with Gasteiger partial charge in [0.05, 0.1) is 0 Å². The van der Waals surface area contributed by atoms with Crippen molar-refractivity contribution in [3.63, 3.8) is 0 Å². The van der Waals surface area contributed by atoms with E-state index in [1.54, 1.807) is 0 Å². The lowest BCUT2D eigenvalue weighted by molar-refractivity contribution is -0.132. The predicted molar refractivity (Wildman–Crippen MR) is 81.7 cm³/mol. The molecule has 0 heterocycles. The minimum atomic E-state index is -0.0246. The van der Waals surface area contributed by atoms with Gasteiger partial charge in [-0.15, -0.1) is 0 Å². The van der Waals surface area contributed by atoms with E-state index in [9.17, 15) is 9.59 Å². The first kappa shape index (κ1) is 13.7. The number of carbonyl (C=O) groups excluding carboxylic acids is 2. The summed E-state index contributed by atoms with van der Waals surface area (Å²) in [5, 5.41) is 0. The minimum absolute atomic E-state index is 0.0246. The van der Waals surface area contributed by atoms with E-state index >= 15 is 0 Å². The number of Topliss-reactive ketones (excluding diaryl/α,β-unsaturated/α-hetero) is 1. The second kappa shape index (κ2) is 4.30. The van der Waals surface area contributed by atoms with Crippen LogP contribution >= 0.6 is 0 Å². The highest BCUT2D eigenvalue weighted by Crippen LogP contribution is 2.64. The number of ketones is 2. The second-order valence-corrected chi connectivity index (χ2v) is 8.39. The van der Waals surface area contributed by atoms with Crippen molar-refractivity contribution in [1.82, 2.24) is 0 Å². The van der Waals surface area contributed by atoms with Gasteiger partial charge in [-0.2, -0.15) is 0 Å². The van der Waals surface area contributed by atoms with Crippen LogP contribution in [0.3, 0.4) is 0 Å². The zero-order valence-electron chi connectivity index (χ0n) is 13.3. The summed E-state index contributed by atoms with van der Waals surface area (Å²) in [5.74, 6) is 2.88. The molecule has 0 N–H and O–H groups in total. The van der Waals surface area contributed by atoms with Gasteiger partial charge in [-0.3, -0.25) is 9.59 Å². The van der Waals surface area contributed by atoms with Crippen LogP contribution in [0.4, 0.5) is 0 Å². The topological polar surface area (TPSA) is 34.1 Å². The molecule has 5 atom stereocenters. The summed E-state index contributed by atoms with van der Waals surface area (Å²) in [7, 11) is 0. The van der Waals surface area contributed by atoms with Gasteiger partial charge in [0.15, 0.2) is 5.78 Å². The Morgan fingerprint density at radius 1 is 0.905 bits per heavy atom. The molecule has 0 aliphatic heterocycles. The molecule has 0 amide bonds. The van der Waals surface area contributed by atoms with E-state index < -0.39 is 0 Å². The summed E-state index contributed by atoms with van der Waals surface area (Å²) < 4.78 is 0. The van der Waals surface area contributed by atoms with Crippen molar-refractivity contribution in [3.8, 4) is 0 Å². The van der Waals surface area contributed by atoms with E-state index in [1.165, 1.54) is 18.4 Å². The van der Waals surface area contributed by atoms with Gasteiger partial charge in [-0.1, -0.05) is 19.4 Å². The number of fused-ring (bicyclic) bond motifs is 5. The van der Waals surface area contributed by atoms with Gasteiger partial charge in [0.1, 0.15) is 5.78 Å². The van der Waals surface area contributed by atoms with Gasteiger partial charge in [0.2, 0.25) is 0 Å². The van der Waals surface area contributed by atoms with Crippen LogP contribution < -0.4 is 0 Å². The fourth-order valence-electron chi connectivity index (χ4n) is 6.33. The molecule has 3 saturated carbocycles. The van der Waals surface area contributed by atoms with Crippen LogP contribution in [-0.4, -0.2) is 11.6 Å². The van der Waals surface area contributed by atoms with Crippen LogP contribution in [0.5, 0.6) is 0 Å². The summed E-state index contributed by atoms with van der Waals surface area (Å²) in [6.07, 6.45) is 10.2. The number of rotatable bonds is 0. The zero-order valence-corrected chi connectivity index (χ0v) is 13.3. The van der Waals surface area contributed by atoms with E-state index in [2.05, 4.69) is 13.8 Å². The molecule has 3 fully saturated rings. The molecule has 0 aromatic carbocycles. The van der Waals surface area contributed by atoms with Crippen molar-refractivity contribution in [2.45, 2.75) is 65.2 Å². The molecule has 0 bridgehead atoms. The maximum Gasteiger partial charge on any atom is 0.155 e. The lowest BCUT2D eigenvalue weighted by Gasteiger charge is -2.56. The Bertz CT molecular complexity index is 546. The maximum atomic E-state index is 12.4. The van der Waals surface area contributed by atoms with Gasteiger partial charge in [-0.25, -0.2) is 0 Å². The first-order valence-corrected chi connectivity index (χ1v) is 8.72. The molecule has 21 heavy (non-hydrogen) atoms. The molecule has 4 rings (SSSR count). The third-order valence-electron chi connectivity index (χ3n) is 7.67. The molecular formula is C19H26O2. The summed E-state index contributed by atoms with van der Waals surface area (Å²) in [6.45, 7) is 4.64. The monoisotopic (exact) mass is 286 g/mol. The molecule has 114 valence electrons. The molecule has 0 aromatic heterocycles. The Balaban J connectivity index is 1.70. The highest BCUT2D eigenvalue weighted by Gasteiger charge is 2.58. The first-order chi connectivity index (χ1) is 9.95. The SMILES string of the molecule is C[C@]12CC[C@@H]3[C@H](CCC4=CC(=O)CC[C@]43C)[C@H]1CCC2=O. The molecule has 4 aliphatic rings. The molecule has 0 saturated heterocycles. The Labute approximate surface area is 127 Å². The quantitative estimate of drug-likeness (QED) is 0.672. The molecule has 4 aliphatic carbocycles. The van der Waals surface area contributed by atoms with Gasteiger partial charge >= 0.3 is 0 Å². The Morgan fingerprint density at radius 2 is 1.67 bits per heavy atom. The predicted octanol–water partition coefficient (Wildman–Crippen LogP) is 4.09. The van der Waals surface area contributed by atoms with Gasteiger partial charge in [0, 0.05) is 18.3 Å². The van der Waals surface area contributed by atoms with Gasteiger partial charge in [0.25, 0.3) is 0 Å². The van der Waals surface area contributed by atoms with Crippen molar-refractivity contribution in [3.05, 3.63) is 11.6 Å². The Morgan fingerprint density at radius 3 is 2.48 bits per heavy atom. The van der Waals surface area contributed by atoms with Crippen LogP contribution in [0, 0.1) is 28.6 Å². The Hall–Kier alpha value is -0.920. The van der Waals surface area contributed by atoms with Crippen LogP contribution in [0.25, 0.3) is 0 Å². The summed E-state index contributed by atoms with van der Waals surface area (Å²) in [5.41, 5.74) is 1.64. The summed E-state index contributed by atoms with van der Waals surface area (Å²) in [6, 6.07) is 0. The van der Waals surface area contributed by atoms with Crippen molar-refractivity contribution >= 4 is 11.6 Å². The number of hydrogen-bond donors (Lipinski definition) is 0. The van der Waals surface area contributed by atoms with E-state index in [-0.39, 0.29) is 10.8 Å². The lowest BCUT2D eigenvalue weighted by atomic mass is 9.47. The fraction of sp³-hybridized carbons (Fsp3) is 0.789. The van der Waals surface area contributed by atoms with Crippen LogP contribution in [0.15, 0.2) is 11.6 Å². The second-order valence-electron chi connectivity index (χ2n) is 8.39. The highest BCUT2D eigenvalue weighted by atomic mass is 16.1. The van der Waals surface area contributed by atoms with E-state index in [4.69, 9.17) is 0 Å². The molecule has 0 radical (unpaired) electrons. The van der Waals surface area contributed by atoms with Crippen molar-refractivity contribution in [2.24, 2.45) is 28.6 Å². The van der Waals surface area contributed by atoms with E-state index in [1.807, 2.05) is 6.08 Å². The zero-order chi connectivity index (χ0) is 14.8. The normalized spacial score (nSPS) is 49.2. The number of allylic oxidation sites excluding steroid dienone is 1. The minimum Gasteiger partial charge on any atom is -0.299 e. The molecule has 0 spiro atoms. The average Bonchev–Trinajstić information content (AvgIpc) is 2.76. The van der Waals surface area contributed by atoms with Crippen molar-refractivity contribution < 1.29 is 9.59 Å². The van der Waals surface area contributed by atoms with Crippen molar-refractivity contribution in [1.29, 1.82) is 0 Å². The molecule has 2 heteroatoms. The average molecular weight is 286 g/mol. The third kappa shape index (κ3) is 1.71. The first-order valence-electron chi connectivity index (χ1n) is 8.72. The standard InChI is InChI=1S/C19H26O2/c1-18-9-7-13(20)11-12(18)3-4-14-15-5-6-17(21)19(15,2)10-8-16(14)18/h11,14-16H,3-10H2,1-2H3/t14-,15-,16-,18-,19+/m1/s1. The largest absolute Gasteiger partial charge is 0.299 e. The van der Waals surface area contributed by atoms with Crippen LogP contribution in [0.2, 0.25) is 0 Å². The highest BCUT2D eigenvalue weighted by molar-refractivity contribution is 5.91. The maximum absolute atomic E-state index is 12.4. The van der Waals surface area contributed by atoms with Crippen LogP contribution in [-0.2, 0) is 9.59 Å². The summed E-state index contributed by atoms with van der Waals surface area (Å²) >= 11 is 0. The van der Waals surface area contributed by atoms with E-state index in [0.717, 1.165) is 38.5 Å². The molecular weight excluding hydrogens is 260 g/mol. The molecule has 2 nitrogen and oxygen atoms in total. The lowest BCUT2D eigenvalue weighted by Crippen LogP contribution is -2.50. The Kier molecular flexibility index (Phi) is 2.81. The molecule has 0 aromatic rings. The van der Waals surface area contributed by atoms with Crippen molar-refractivity contribution in [2.75, 3.05) is 0 Å². The van der Waals surface area contributed by atoms with Gasteiger partial charge < -0.3 is 0 Å². The smallest absolute Gasteiger partial charge is 0.155 e. The van der Waals surface area contributed by atoms with Gasteiger partial charge in [-0.05, 0) is 67.8 Å². The number of carbonyl (C=O) groups is 2. The third-order valence-corrected chi connectivity index (χ3v) is 7.67.